The number of pyridine rings is 1. The van der Waals surface area contributed by atoms with Gasteiger partial charge in [-0.1, -0.05) is 23.7 Å². The van der Waals surface area contributed by atoms with Crippen LogP contribution in [0.4, 0.5) is 0 Å². The maximum absolute atomic E-state index is 5.82. The minimum Gasteiger partial charge on any atom is -0.248 e. The molecule has 0 fully saturated rings. The summed E-state index contributed by atoms with van der Waals surface area (Å²) in [5, 5.41) is 0.739. The summed E-state index contributed by atoms with van der Waals surface area (Å²) >= 11 is 12.6. The van der Waals surface area contributed by atoms with Crippen molar-refractivity contribution in [1.29, 1.82) is 0 Å². The molecule has 0 aliphatic rings. The fraction of sp³-hybridized carbons (Fsp3) is 0. The average Bonchev–Trinajstić information content (AvgIpc) is 2.23. The van der Waals surface area contributed by atoms with Gasteiger partial charge in [-0.25, -0.2) is 4.98 Å². The summed E-state index contributed by atoms with van der Waals surface area (Å²) in [6.45, 7) is 0. The first-order valence-corrected chi connectivity index (χ1v) is 6.20. The van der Waals surface area contributed by atoms with Crippen molar-refractivity contribution < 1.29 is 0 Å². The Morgan fingerprint density at radius 2 is 1.67 bits per heavy atom. The van der Waals surface area contributed by atoms with Crippen LogP contribution in [0.1, 0.15) is 0 Å². The van der Waals surface area contributed by atoms with E-state index < -0.39 is 0 Å². The Morgan fingerprint density at radius 1 is 1.00 bits per heavy atom. The zero-order chi connectivity index (χ0) is 10.8. The summed E-state index contributed by atoms with van der Waals surface area (Å²) < 4.78 is 1.75. The normalized spacial score (nSPS) is 10.3. The molecule has 0 aliphatic heterocycles. The van der Waals surface area contributed by atoms with E-state index >= 15 is 0 Å². The molecule has 0 spiro atoms. The summed E-state index contributed by atoms with van der Waals surface area (Å²) in [5.41, 5.74) is 2.15. The molecular formula is C11H6Br2ClN. The molecule has 0 atom stereocenters. The van der Waals surface area contributed by atoms with Crippen molar-refractivity contribution in [2.24, 2.45) is 0 Å². The number of hydrogen-bond donors (Lipinski definition) is 0. The average molecular weight is 347 g/mol. The highest BCUT2D eigenvalue weighted by Gasteiger charge is 2.02. The largest absolute Gasteiger partial charge is 0.248 e. The van der Waals surface area contributed by atoms with Crippen LogP contribution >= 0.6 is 43.5 Å². The van der Waals surface area contributed by atoms with Crippen LogP contribution in [0.15, 0.2) is 45.6 Å². The van der Waals surface area contributed by atoms with Crippen LogP contribution in [-0.4, -0.2) is 4.98 Å². The van der Waals surface area contributed by atoms with Gasteiger partial charge < -0.3 is 0 Å². The van der Waals surface area contributed by atoms with E-state index in [9.17, 15) is 0 Å². The Morgan fingerprint density at radius 3 is 2.27 bits per heavy atom. The van der Waals surface area contributed by atoms with Gasteiger partial charge in [0, 0.05) is 16.8 Å². The van der Waals surface area contributed by atoms with E-state index in [2.05, 4.69) is 36.8 Å². The highest BCUT2D eigenvalue weighted by molar-refractivity contribution is 9.13. The molecule has 0 radical (unpaired) electrons. The standard InChI is InChI=1S/C11H6Br2ClN/c12-10-5-8(6-15-11(10)13)7-1-3-9(14)4-2-7/h1-6H. The summed E-state index contributed by atoms with van der Waals surface area (Å²) in [5.74, 6) is 0. The zero-order valence-corrected chi connectivity index (χ0v) is 11.5. The van der Waals surface area contributed by atoms with Crippen LogP contribution in [0, 0.1) is 0 Å². The van der Waals surface area contributed by atoms with Gasteiger partial charge in [-0.15, -0.1) is 0 Å². The first-order chi connectivity index (χ1) is 7.16. The molecule has 1 aromatic carbocycles. The van der Waals surface area contributed by atoms with Crippen molar-refractivity contribution in [3.63, 3.8) is 0 Å². The number of halogens is 3. The second kappa shape index (κ2) is 4.64. The smallest absolute Gasteiger partial charge is 0.120 e. The van der Waals surface area contributed by atoms with Crippen LogP contribution in [0.5, 0.6) is 0 Å². The topological polar surface area (TPSA) is 12.9 Å². The molecule has 1 aromatic heterocycles. The van der Waals surface area contributed by atoms with Gasteiger partial charge in [0.25, 0.3) is 0 Å². The predicted molar refractivity (Wildman–Crippen MR) is 70.1 cm³/mol. The molecule has 4 heteroatoms. The summed E-state index contributed by atoms with van der Waals surface area (Å²) in [7, 11) is 0. The Bertz CT molecular complexity index is 482. The maximum Gasteiger partial charge on any atom is 0.120 e. The molecule has 2 aromatic rings. The lowest BCUT2D eigenvalue weighted by Gasteiger charge is -2.03. The first-order valence-electron chi connectivity index (χ1n) is 4.24. The van der Waals surface area contributed by atoms with E-state index in [1.807, 2.05) is 36.5 Å². The van der Waals surface area contributed by atoms with Gasteiger partial charge in [0.15, 0.2) is 0 Å². The van der Waals surface area contributed by atoms with Crippen molar-refractivity contribution in [2.45, 2.75) is 0 Å². The van der Waals surface area contributed by atoms with Gasteiger partial charge in [-0.3, -0.25) is 0 Å². The van der Waals surface area contributed by atoms with E-state index in [0.29, 0.717) is 0 Å². The number of benzene rings is 1. The molecule has 1 heterocycles. The van der Waals surface area contributed by atoms with Crippen LogP contribution < -0.4 is 0 Å². The second-order valence-electron chi connectivity index (χ2n) is 3.00. The molecular weight excluding hydrogens is 341 g/mol. The fourth-order valence-corrected chi connectivity index (χ4v) is 1.91. The van der Waals surface area contributed by atoms with Crippen LogP contribution in [0.2, 0.25) is 5.02 Å². The van der Waals surface area contributed by atoms with Gasteiger partial charge in [0.2, 0.25) is 0 Å². The lowest BCUT2D eigenvalue weighted by Crippen LogP contribution is -1.82. The summed E-state index contributed by atoms with van der Waals surface area (Å²) in [4.78, 5) is 4.21. The monoisotopic (exact) mass is 345 g/mol. The molecule has 0 N–H and O–H groups in total. The Hall–Kier alpha value is -0.380. The number of nitrogens with zero attached hydrogens (tertiary/aromatic N) is 1. The van der Waals surface area contributed by atoms with E-state index in [-0.39, 0.29) is 0 Å². The molecule has 0 saturated heterocycles. The zero-order valence-electron chi connectivity index (χ0n) is 7.55. The van der Waals surface area contributed by atoms with Crippen molar-refractivity contribution in [2.75, 3.05) is 0 Å². The van der Waals surface area contributed by atoms with E-state index in [1.54, 1.807) is 0 Å². The van der Waals surface area contributed by atoms with E-state index in [1.165, 1.54) is 0 Å². The second-order valence-corrected chi connectivity index (χ2v) is 5.05. The van der Waals surface area contributed by atoms with Crippen molar-refractivity contribution in [3.05, 3.63) is 50.6 Å². The molecule has 0 bridgehead atoms. The van der Waals surface area contributed by atoms with Crippen LogP contribution in [0.25, 0.3) is 11.1 Å². The highest BCUT2D eigenvalue weighted by atomic mass is 79.9. The van der Waals surface area contributed by atoms with Gasteiger partial charge in [0.05, 0.1) is 4.47 Å². The van der Waals surface area contributed by atoms with E-state index in [4.69, 9.17) is 11.6 Å². The third kappa shape index (κ3) is 2.60. The van der Waals surface area contributed by atoms with Gasteiger partial charge in [-0.2, -0.15) is 0 Å². The minimum atomic E-state index is 0.739. The number of rotatable bonds is 1. The summed E-state index contributed by atoms with van der Waals surface area (Å²) in [6, 6.07) is 9.69. The quantitative estimate of drug-likeness (QED) is 0.667. The number of aromatic nitrogens is 1. The molecule has 0 amide bonds. The fourth-order valence-electron chi connectivity index (χ4n) is 1.22. The lowest BCUT2D eigenvalue weighted by molar-refractivity contribution is 1.26. The third-order valence-corrected chi connectivity index (χ3v) is 3.99. The third-order valence-electron chi connectivity index (χ3n) is 1.97. The minimum absolute atomic E-state index is 0.739. The first kappa shape index (κ1) is 11.1. The molecule has 76 valence electrons. The molecule has 1 nitrogen and oxygen atoms in total. The van der Waals surface area contributed by atoms with E-state index in [0.717, 1.165) is 25.2 Å². The maximum atomic E-state index is 5.82. The summed E-state index contributed by atoms with van der Waals surface area (Å²) in [6.07, 6.45) is 1.82. The Labute approximate surface area is 110 Å². The number of hydrogen-bond acceptors (Lipinski definition) is 1. The SMILES string of the molecule is Clc1ccc(-c2cnc(Br)c(Br)c2)cc1. The van der Waals surface area contributed by atoms with Crippen LogP contribution in [-0.2, 0) is 0 Å². The molecule has 15 heavy (non-hydrogen) atoms. The van der Waals surface area contributed by atoms with Gasteiger partial charge >= 0.3 is 0 Å². The Balaban J connectivity index is 2.45. The highest BCUT2D eigenvalue weighted by Crippen LogP contribution is 2.27. The van der Waals surface area contributed by atoms with Crippen molar-refractivity contribution >= 4 is 43.5 Å². The Kier molecular flexibility index (Phi) is 3.44. The molecule has 2 rings (SSSR count). The van der Waals surface area contributed by atoms with Crippen LogP contribution in [0.3, 0.4) is 0 Å². The van der Waals surface area contributed by atoms with Crippen molar-refractivity contribution in [1.82, 2.24) is 4.98 Å². The van der Waals surface area contributed by atoms with Gasteiger partial charge in [0.1, 0.15) is 4.60 Å². The van der Waals surface area contributed by atoms with Gasteiger partial charge in [-0.05, 0) is 55.6 Å². The molecule has 0 unspecified atom stereocenters. The molecule has 0 saturated carbocycles. The predicted octanol–water partition coefficient (Wildman–Crippen LogP) is 4.93. The molecule has 0 aliphatic carbocycles. The van der Waals surface area contributed by atoms with Crippen molar-refractivity contribution in [3.8, 4) is 11.1 Å². The lowest BCUT2D eigenvalue weighted by atomic mass is 10.1.